The number of carbonyl (C=O) groups excluding carboxylic acids is 2. The third-order valence-electron chi connectivity index (χ3n) is 9.48. The fourth-order valence-electron chi connectivity index (χ4n) is 7.48. The molecule has 0 saturated carbocycles. The van der Waals surface area contributed by atoms with E-state index in [1.165, 1.54) is 0 Å². The molecule has 2 aromatic rings. The lowest BCUT2D eigenvalue weighted by Crippen LogP contribution is -2.69. The van der Waals surface area contributed by atoms with Crippen molar-refractivity contribution in [2.75, 3.05) is 13.2 Å². The van der Waals surface area contributed by atoms with E-state index < -0.39 is 123 Å². The number of benzene rings is 2. The van der Waals surface area contributed by atoms with Gasteiger partial charge in [-0.05, 0) is 142 Å². The normalized spacial score (nSPS) is 26.9. The highest BCUT2D eigenvalue weighted by molar-refractivity contribution is 6.71. The summed E-state index contributed by atoms with van der Waals surface area (Å²) in [7, 11) is -14.5. The van der Waals surface area contributed by atoms with Crippen LogP contribution in [-0.4, -0.2) is 136 Å². The highest BCUT2D eigenvalue weighted by Crippen LogP contribution is 2.40. The molecule has 0 bridgehead atoms. The molecule has 2 saturated heterocycles. The number of carbonyl (C=O) groups is 2. The summed E-state index contributed by atoms with van der Waals surface area (Å²) in [6, 6.07) is 9.58. The molecule has 13 nitrogen and oxygen atoms in total. The van der Waals surface area contributed by atoms with Crippen LogP contribution in [0.2, 0.25) is 138 Å². The van der Waals surface area contributed by atoms with Gasteiger partial charge in [-0.25, -0.2) is 9.59 Å². The summed E-state index contributed by atoms with van der Waals surface area (Å²) in [6.07, 6.45) is -9.11. The largest absolute Gasteiger partial charge is 0.459 e. The summed E-state index contributed by atoms with van der Waals surface area (Å²) in [6.45, 7) is 36.8. The molecule has 0 radical (unpaired) electrons. The molecule has 23 heteroatoms. The van der Waals surface area contributed by atoms with Crippen molar-refractivity contribution >= 4 is 108 Å². The Labute approximate surface area is 425 Å². The van der Waals surface area contributed by atoms with Crippen molar-refractivity contribution in [2.45, 2.75) is 179 Å². The zero-order valence-corrected chi connectivity index (χ0v) is 51.5. The van der Waals surface area contributed by atoms with Gasteiger partial charge in [0.25, 0.3) is 0 Å². The predicted molar refractivity (Wildman–Crippen MR) is 281 cm³/mol. The second-order valence-corrected chi connectivity index (χ2v) is 51.2. The molecule has 2 aliphatic rings. The molecule has 2 aliphatic heterocycles. The maximum absolute atomic E-state index is 13.8. The van der Waals surface area contributed by atoms with Gasteiger partial charge in [-0.1, -0.05) is 58.5 Å². The number of esters is 2. The zero-order valence-electron chi connectivity index (χ0n) is 42.5. The number of ether oxygens (including phenoxy) is 5. The fourth-order valence-corrected chi connectivity index (χ4v) is 15.1. The van der Waals surface area contributed by atoms with E-state index in [-0.39, 0.29) is 44.4 Å². The van der Waals surface area contributed by atoms with Crippen molar-refractivity contribution in [3.05, 3.63) is 67.6 Å². The molecule has 0 aliphatic carbocycles. The van der Waals surface area contributed by atoms with Crippen molar-refractivity contribution in [1.82, 2.24) is 0 Å². The van der Waals surface area contributed by atoms with Crippen LogP contribution in [0.4, 0.5) is 0 Å². The van der Waals surface area contributed by atoms with Gasteiger partial charge in [-0.15, -0.1) is 0 Å². The van der Waals surface area contributed by atoms with Gasteiger partial charge in [0.05, 0.1) is 31.2 Å². The SMILES string of the molecule is C[Si](C)(C)O[C@@H]1[C@@H](O[Si](C)(C)C)[C@@H](O[C@H]2O[C@H](COC(=O)c3c(Cl)cccc3Cl)[C@@H](O[Si](C)(C)C)[C@H](O[Si](C)(C)C)[C@H]2O[Si](C)(C)C)O[C@H](COC(=O)c2c(Cl)cccc2Cl)[C@H]1O[Si](C)(C)C. The van der Waals surface area contributed by atoms with Crippen molar-refractivity contribution in [2.24, 2.45) is 0 Å². The quantitative estimate of drug-likeness (QED) is 0.0920. The molecular formula is C44H74Cl4O13Si6. The topological polar surface area (TPSA) is 136 Å². The van der Waals surface area contributed by atoms with E-state index >= 15 is 0 Å². The van der Waals surface area contributed by atoms with Crippen LogP contribution >= 0.6 is 46.4 Å². The third kappa shape index (κ3) is 18.5. The minimum atomic E-state index is -2.45. The Kier molecular flexibility index (Phi) is 20.4. The summed E-state index contributed by atoms with van der Waals surface area (Å²) in [4.78, 5) is 27.5. The molecule has 0 N–H and O–H groups in total. The molecule has 0 aromatic heterocycles. The lowest BCUT2D eigenvalue weighted by molar-refractivity contribution is -0.368. The summed E-state index contributed by atoms with van der Waals surface area (Å²) >= 11 is 25.8. The molecule has 2 heterocycles. The molecular weight excluding hydrogens is 1050 g/mol. The highest BCUT2D eigenvalue weighted by Gasteiger charge is 2.57. The Morgan fingerprint density at radius 2 is 0.657 bits per heavy atom. The molecule has 4 rings (SSSR count). The second-order valence-electron chi connectivity index (χ2n) is 22.8. The summed E-state index contributed by atoms with van der Waals surface area (Å²) < 4.78 is 75.5. The van der Waals surface area contributed by atoms with Gasteiger partial charge < -0.3 is 50.2 Å². The van der Waals surface area contributed by atoms with E-state index in [0.29, 0.717) is 0 Å². The average Bonchev–Trinajstić information content (AvgIpc) is 3.11. The Bertz CT molecular complexity index is 1820. The van der Waals surface area contributed by atoms with Crippen LogP contribution in [0.15, 0.2) is 36.4 Å². The van der Waals surface area contributed by atoms with Gasteiger partial charge in [0, 0.05) is 0 Å². The number of halogens is 4. The van der Waals surface area contributed by atoms with E-state index in [1.54, 1.807) is 36.4 Å². The fraction of sp³-hybridized carbons (Fsp3) is 0.682. The van der Waals surface area contributed by atoms with Gasteiger partial charge in [-0.2, -0.15) is 0 Å². The maximum atomic E-state index is 13.8. The molecule has 0 amide bonds. The molecule has 10 atom stereocenters. The van der Waals surface area contributed by atoms with Gasteiger partial charge in [-0.3, -0.25) is 0 Å². The standard InChI is InChI=1S/C44H74Cl4O13Si6/c1-62(2,3)56-35-31(25-51-41(49)33-27(45)21-19-22-28(33)46)53-43(39(60-66(13,14)15)37(35)58-64(7,8)9)55-44-40(61-67(16,17)18)38(59-65(10,11)12)36(57-63(4,5)6)32(54-44)26-52-42(50)34-29(47)23-20-24-30(34)48/h19-24,31-32,35-40,43-44H,25-26H2,1-18H3/t31-,32-,35-,36-,37+,38+,39-,40-,43-,44-/m1/s1. The molecule has 0 unspecified atom stereocenters. The van der Waals surface area contributed by atoms with E-state index in [0.717, 1.165) is 0 Å². The third-order valence-corrected chi connectivity index (χ3v) is 16.6. The Morgan fingerprint density at radius 1 is 0.418 bits per heavy atom. The van der Waals surface area contributed by atoms with Crippen LogP contribution in [-0.2, 0) is 50.2 Å². The van der Waals surface area contributed by atoms with Crippen LogP contribution in [0.3, 0.4) is 0 Å². The number of hydrogen-bond acceptors (Lipinski definition) is 13. The molecule has 2 fully saturated rings. The van der Waals surface area contributed by atoms with E-state index in [2.05, 4.69) is 118 Å². The second kappa shape index (κ2) is 23.1. The van der Waals surface area contributed by atoms with E-state index in [1.807, 2.05) is 0 Å². The van der Waals surface area contributed by atoms with Crippen LogP contribution in [0.1, 0.15) is 20.7 Å². The number of hydrogen-bond donors (Lipinski definition) is 0. The smallest absolute Gasteiger partial charge is 0.341 e. The molecule has 0 spiro atoms. The van der Waals surface area contributed by atoms with E-state index in [9.17, 15) is 9.59 Å². The minimum absolute atomic E-state index is 0.0287. The van der Waals surface area contributed by atoms with Gasteiger partial charge in [0.1, 0.15) is 62.0 Å². The minimum Gasteiger partial charge on any atom is -0.459 e. The lowest BCUT2D eigenvalue weighted by Gasteiger charge is -2.53. The molecule has 2 aromatic carbocycles. The first-order valence-corrected chi connectivity index (χ1v) is 44.6. The summed E-state index contributed by atoms with van der Waals surface area (Å²) in [5.41, 5.74) is 0.0574. The van der Waals surface area contributed by atoms with Crippen molar-refractivity contribution in [3.8, 4) is 0 Å². The van der Waals surface area contributed by atoms with Gasteiger partial charge in [0.2, 0.25) is 0 Å². The van der Waals surface area contributed by atoms with Gasteiger partial charge >= 0.3 is 11.9 Å². The highest BCUT2D eigenvalue weighted by atomic mass is 35.5. The van der Waals surface area contributed by atoms with Crippen LogP contribution < -0.4 is 0 Å². The van der Waals surface area contributed by atoms with Crippen LogP contribution in [0.25, 0.3) is 0 Å². The first kappa shape index (κ1) is 59.0. The van der Waals surface area contributed by atoms with Crippen LogP contribution in [0, 0.1) is 0 Å². The first-order chi connectivity index (χ1) is 30.4. The van der Waals surface area contributed by atoms with Crippen LogP contribution in [0.5, 0.6) is 0 Å². The molecule has 380 valence electrons. The lowest BCUT2D eigenvalue weighted by atomic mass is 9.98. The Balaban J connectivity index is 1.91. The predicted octanol–water partition coefficient (Wildman–Crippen LogP) is 12.1. The summed E-state index contributed by atoms with van der Waals surface area (Å²) in [5.74, 6) is -1.47. The monoisotopic (exact) mass is 1120 g/mol. The Morgan fingerprint density at radius 3 is 0.910 bits per heavy atom. The maximum Gasteiger partial charge on any atom is 0.341 e. The summed E-state index contributed by atoms with van der Waals surface area (Å²) in [5, 5.41) is 0.579. The first-order valence-electron chi connectivity index (χ1n) is 22.7. The van der Waals surface area contributed by atoms with Gasteiger partial charge in [0.15, 0.2) is 62.5 Å². The average molecular weight is 1120 g/mol. The Hall–Kier alpha value is -0.519. The van der Waals surface area contributed by atoms with Crippen molar-refractivity contribution < 1.29 is 59.8 Å². The zero-order chi connectivity index (χ0) is 50.8. The van der Waals surface area contributed by atoms with Crippen molar-refractivity contribution in [3.63, 3.8) is 0 Å². The number of rotatable bonds is 20. The molecule has 67 heavy (non-hydrogen) atoms. The van der Waals surface area contributed by atoms with E-state index in [4.69, 9.17) is 96.6 Å². The van der Waals surface area contributed by atoms with Crippen molar-refractivity contribution in [1.29, 1.82) is 0 Å².